The number of alkyl halides is 2. The van der Waals surface area contributed by atoms with Crippen molar-refractivity contribution in [2.24, 2.45) is 0 Å². The van der Waals surface area contributed by atoms with E-state index in [1.54, 1.807) is 0 Å². The molecule has 0 aliphatic heterocycles. The predicted molar refractivity (Wildman–Crippen MR) is 54.0 cm³/mol. The van der Waals surface area contributed by atoms with Gasteiger partial charge in [-0.3, -0.25) is 9.59 Å². The van der Waals surface area contributed by atoms with Crippen molar-refractivity contribution < 1.29 is 28.2 Å². The Hall–Kier alpha value is -2.18. The maximum absolute atomic E-state index is 11.9. The highest BCUT2D eigenvalue weighted by atomic mass is 19.3. The Balaban J connectivity index is 2.65. The third-order valence-electron chi connectivity index (χ3n) is 1.65. The molecule has 7 heteroatoms. The van der Waals surface area contributed by atoms with Gasteiger partial charge >= 0.3 is 12.6 Å². The fourth-order valence-corrected chi connectivity index (χ4v) is 1.09. The van der Waals surface area contributed by atoms with Crippen LogP contribution in [0.3, 0.4) is 0 Å². The fourth-order valence-electron chi connectivity index (χ4n) is 1.09. The lowest BCUT2D eigenvalue weighted by atomic mass is 10.3. The molecule has 2 N–H and O–H groups in total. The van der Waals surface area contributed by atoms with Crippen LogP contribution in [-0.4, -0.2) is 23.6 Å². The number of ether oxygens (including phenoxy) is 1. The first-order valence-corrected chi connectivity index (χ1v) is 4.54. The van der Waals surface area contributed by atoms with Crippen LogP contribution in [0.25, 0.3) is 0 Å². The molecule has 0 spiro atoms. The quantitative estimate of drug-likeness (QED) is 0.774. The zero-order valence-corrected chi connectivity index (χ0v) is 8.52. The number of hydrogen-bond donors (Lipinski definition) is 2. The Morgan fingerprint density at radius 2 is 2.12 bits per heavy atom. The number of carboxylic acids is 1. The van der Waals surface area contributed by atoms with E-state index in [9.17, 15) is 18.4 Å². The second-order valence-electron chi connectivity index (χ2n) is 3.03. The lowest BCUT2D eigenvalue weighted by Crippen LogP contribution is -2.15. The van der Waals surface area contributed by atoms with E-state index in [0.29, 0.717) is 0 Å². The van der Waals surface area contributed by atoms with Crippen LogP contribution >= 0.6 is 0 Å². The number of benzene rings is 1. The first kappa shape index (κ1) is 12.9. The molecule has 0 saturated carbocycles. The van der Waals surface area contributed by atoms with E-state index in [1.165, 1.54) is 24.3 Å². The second-order valence-corrected chi connectivity index (χ2v) is 3.03. The summed E-state index contributed by atoms with van der Waals surface area (Å²) >= 11 is 0. The van der Waals surface area contributed by atoms with Crippen LogP contribution < -0.4 is 10.1 Å². The van der Waals surface area contributed by atoms with Crippen LogP contribution in [0.4, 0.5) is 14.5 Å². The summed E-state index contributed by atoms with van der Waals surface area (Å²) in [4.78, 5) is 21.3. The first-order valence-electron chi connectivity index (χ1n) is 4.54. The summed E-state index contributed by atoms with van der Waals surface area (Å²) in [6.07, 6.45) is -0.695. The Morgan fingerprint density at radius 3 is 2.71 bits per heavy atom. The average Bonchev–Trinajstić information content (AvgIpc) is 2.14. The second kappa shape index (κ2) is 5.78. The number of aliphatic carboxylic acids is 1. The Kier molecular flexibility index (Phi) is 4.38. The van der Waals surface area contributed by atoms with Gasteiger partial charge in [0.05, 0.1) is 0 Å². The standard InChI is InChI=1S/C10H9F2NO4/c11-10(12)17-7-3-1-2-6(4-7)13-8(14)5-9(15)16/h1-4,10H,5H2,(H,13,14)(H,15,16). The van der Waals surface area contributed by atoms with Crippen molar-refractivity contribution >= 4 is 17.6 Å². The number of hydrogen-bond acceptors (Lipinski definition) is 3. The zero-order chi connectivity index (χ0) is 12.8. The molecule has 1 rings (SSSR count). The summed E-state index contributed by atoms with van der Waals surface area (Å²) in [5, 5.41) is 10.6. The SMILES string of the molecule is O=C(O)CC(=O)Nc1cccc(OC(F)F)c1. The van der Waals surface area contributed by atoms with E-state index < -0.39 is 24.9 Å². The van der Waals surface area contributed by atoms with Crippen molar-refractivity contribution in [3.05, 3.63) is 24.3 Å². The van der Waals surface area contributed by atoms with E-state index >= 15 is 0 Å². The zero-order valence-electron chi connectivity index (χ0n) is 8.52. The molecule has 1 amide bonds. The fraction of sp³-hybridized carbons (Fsp3) is 0.200. The van der Waals surface area contributed by atoms with Gasteiger partial charge in [-0.25, -0.2) is 0 Å². The van der Waals surface area contributed by atoms with Crippen molar-refractivity contribution in [1.29, 1.82) is 0 Å². The monoisotopic (exact) mass is 245 g/mol. The molecule has 1 aromatic carbocycles. The van der Waals surface area contributed by atoms with E-state index in [4.69, 9.17) is 5.11 Å². The van der Waals surface area contributed by atoms with Gasteiger partial charge in [-0.15, -0.1) is 0 Å². The van der Waals surface area contributed by atoms with Crippen LogP contribution in [0.5, 0.6) is 5.75 Å². The minimum Gasteiger partial charge on any atom is -0.481 e. The first-order chi connectivity index (χ1) is 7.97. The van der Waals surface area contributed by atoms with Crippen molar-refractivity contribution in [1.82, 2.24) is 0 Å². The van der Waals surface area contributed by atoms with Crippen molar-refractivity contribution in [3.8, 4) is 5.75 Å². The lowest BCUT2D eigenvalue weighted by Gasteiger charge is -2.07. The molecule has 0 radical (unpaired) electrons. The van der Waals surface area contributed by atoms with Crippen LogP contribution in [-0.2, 0) is 9.59 Å². The summed E-state index contributed by atoms with van der Waals surface area (Å²) in [6.45, 7) is -2.96. The van der Waals surface area contributed by atoms with Crippen molar-refractivity contribution in [3.63, 3.8) is 0 Å². The lowest BCUT2D eigenvalue weighted by molar-refractivity contribution is -0.139. The molecular formula is C10H9F2NO4. The predicted octanol–water partition coefficient (Wildman–Crippen LogP) is 1.70. The van der Waals surface area contributed by atoms with Crippen molar-refractivity contribution in [2.75, 3.05) is 5.32 Å². The number of halogens is 2. The van der Waals surface area contributed by atoms with E-state index in [0.717, 1.165) is 0 Å². The highest BCUT2D eigenvalue weighted by Gasteiger charge is 2.09. The van der Waals surface area contributed by atoms with Gasteiger partial charge in [-0.1, -0.05) is 6.07 Å². The van der Waals surface area contributed by atoms with Crippen LogP contribution in [0.15, 0.2) is 24.3 Å². The summed E-state index contributed by atoms with van der Waals surface area (Å²) in [5.41, 5.74) is 0.189. The summed E-state index contributed by atoms with van der Waals surface area (Å²) < 4.78 is 27.9. The van der Waals surface area contributed by atoms with E-state index in [2.05, 4.69) is 10.1 Å². The van der Waals surface area contributed by atoms with E-state index in [1.807, 2.05) is 0 Å². The number of rotatable bonds is 5. The number of carbonyl (C=O) groups excluding carboxylic acids is 1. The molecule has 1 aromatic rings. The minimum absolute atomic E-state index is 0.117. The molecule has 0 unspecified atom stereocenters. The number of carbonyl (C=O) groups is 2. The summed E-state index contributed by atoms with van der Waals surface area (Å²) in [5.74, 6) is -2.14. The number of nitrogens with one attached hydrogen (secondary N) is 1. The Labute approximate surface area is 95.0 Å². The minimum atomic E-state index is -2.96. The van der Waals surface area contributed by atoms with Gasteiger partial charge in [0.15, 0.2) is 0 Å². The van der Waals surface area contributed by atoms with Gasteiger partial charge in [0.1, 0.15) is 12.2 Å². The topological polar surface area (TPSA) is 75.6 Å². The van der Waals surface area contributed by atoms with Gasteiger partial charge in [0, 0.05) is 11.8 Å². The smallest absolute Gasteiger partial charge is 0.387 e. The third-order valence-corrected chi connectivity index (χ3v) is 1.65. The molecule has 17 heavy (non-hydrogen) atoms. The number of carboxylic acid groups (broad SMARTS) is 1. The van der Waals surface area contributed by atoms with E-state index in [-0.39, 0.29) is 11.4 Å². The molecule has 92 valence electrons. The molecule has 0 aliphatic carbocycles. The highest BCUT2D eigenvalue weighted by Crippen LogP contribution is 2.19. The molecule has 0 fully saturated rings. The summed E-state index contributed by atoms with van der Waals surface area (Å²) in [7, 11) is 0. The van der Waals surface area contributed by atoms with Crippen LogP contribution in [0.2, 0.25) is 0 Å². The molecule has 0 saturated heterocycles. The Morgan fingerprint density at radius 1 is 1.41 bits per heavy atom. The molecule has 0 atom stereocenters. The number of amides is 1. The third kappa shape index (κ3) is 4.92. The van der Waals surface area contributed by atoms with Crippen LogP contribution in [0.1, 0.15) is 6.42 Å². The maximum Gasteiger partial charge on any atom is 0.387 e. The molecular weight excluding hydrogens is 236 g/mol. The van der Waals surface area contributed by atoms with Gasteiger partial charge in [-0.2, -0.15) is 8.78 Å². The van der Waals surface area contributed by atoms with Crippen molar-refractivity contribution in [2.45, 2.75) is 13.0 Å². The Bertz CT molecular complexity index is 423. The normalized spacial score (nSPS) is 10.1. The van der Waals surface area contributed by atoms with Crippen LogP contribution in [0, 0.1) is 0 Å². The highest BCUT2D eigenvalue weighted by molar-refractivity contribution is 6.01. The molecule has 0 bridgehead atoms. The molecule has 0 aliphatic rings. The molecule has 0 aromatic heterocycles. The molecule has 5 nitrogen and oxygen atoms in total. The van der Waals surface area contributed by atoms with Gasteiger partial charge in [-0.05, 0) is 12.1 Å². The van der Waals surface area contributed by atoms with Gasteiger partial charge in [0.25, 0.3) is 0 Å². The van der Waals surface area contributed by atoms with Gasteiger partial charge < -0.3 is 15.2 Å². The maximum atomic E-state index is 11.9. The average molecular weight is 245 g/mol. The number of anilines is 1. The summed E-state index contributed by atoms with van der Waals surface area (Å²) in [6, 6.07) is 5.29. The van der Waals surface area contributed by atoms with Gasteiger partial charge in [0.2, 0.25) is 5.91 Å². The largest absolute Gasteiger partial charge is 0.481 e. The molecule has 0 heterocycles.